The van der Waals surface area contributed by atoms with Crippen molar-refractivity contribution in [1.82, 2.24) is 10.2 Å². The van der Waals surface area contributed by atoms with Gasteiger partial charge in [0.05, 0.1) is 0 Å². The predicted molar refractivity (Wildman–Crippen MR) is 103 cm³/mol. The first-order chi connectivity index (χ1) is 13.6. The number of amides is 1. The molecule has 0 spiro atoms. The Morgan fingerprint density at radius 1 is 1.17 bits per heavy atom. The van der Waals surface area contributed by atoms with Gasteiger partial charge in [0, 0.05) is 12.1 Å². The van der Waals surface area contributed by atoms with E-state index in [1.165, 1.54) is 24.3 Å². The molecule has 160 valence electrons. The van der Waals surface area contributed by atoms with Crippen LogP contribution in [0.2, 0.25) is 0 Å². The van der Waals surface area contributed by atoms with Crippen molar-refractivity contribution in [2.24, 2.45) is 5.92 Å². The maximum Gasteiger partial charge on any atom is 0.408 e. The number of alkyl carbamates (subject to hydrolysis) is 1. The lowest BCUT2D eigenvalue weighted by molar-refractivity contribution is -0.161. The van der Waals surface area contributed by atoms with E-state index in [1.807, 2.05) is 0 Å². The third kappa shape index (κ3) is 5.65. The van der Waals surface area contributed by atoms with Crippen molar-refractivity contribution in [3.05, 3.63) is 35.4 Å². The SMILES string of the molecule is CC(C)(C)OC(=O)NC(C(=O)O[C@H]1CN2CCC1CC2)c1cccc(C(F)F)c1. The molecule has 3 fully saturated rings. The first kappa shape index (κ1) is 21.5. The Balaban J connectivity index is 1.79. The highest BCUT2D eigenvalue weighted by molar-refractivity contribution is 5.83. The summed E-state index contributed by atoms with van der Waals surface area (Å²) in [5.74, 6) is -0.375. The molecule has 6 nitrogen and oxygen atoms in total. The Hall–Kier alpha value is -2.22. The average Bonchev–Trinajstić information content (AvgIpc) is 2.65. The van der Waals surface area contributed by atoms with E-state index < -0.39 is 30.1 Å². The molecule has 3 saturated heterocycles. The molecule has 1 N–H and O–H groups in total. The van der Waals surface area contributed by atoms with Crippen LogP contribution in [-0.4, -0.2) is 48.3 Å². The molecule has 3 aliphatic rings. The molecule has 4 rings (SSSR count). The fourth-order valence-electron chi connectivity index (χ4n) is 3.84. The molecule has 0 saturated carbocycles. The van der Waals surface area contributed by atoms with E-state index in [0.29, 0.717) is 12.5 Å². The summed E-state index contributed by atoms with van der Waals surface area (Å²) in [6.07, 6.45) is -1.83. The molecule has 0 aromatic heterocycles. The third-order valence-electron chi connectivity index (χ3n) is 5.26. The number of hydrogen-bond donors (Lipinski definition) is 1. The number of ether oxygens (including phenoxy) is 2. The summed E-state index contributed by atoms with van der Waals surface area (Å²) < 4.78 is 37.3. The smallest absolute Gasteiger partial charge is 0.408 e. The third-order valence-corrected chi connectivity index (χ3v) is 5.26. The molecule has 8 heteroatoms. The highest BCUT2D eigenvalue weighted by Gasteiger charge is 2.38. The number of halogens is 2. The van der Waals surface area contributed by atoms with Crippen molar-refractivity contribution >= 4 is 12.1 Å². The molecule has 29 heavy (non-hydrogen) atoms. The van der Waals surface area contributed by atoms with Crippen LogP contribution in [0.1, 0.15) is 57.2 Å². The van der Waals surface area contributed by atoms with Crippen LogP contribution in [0.15, 0.2) is 24.3 Å². The van der Waals surface area contributed by atoms with Crippen LogP contribution in [-0.2, 0) is 14.3 Å². The van der Waals surface area contributed by atoms with E-state index >= 15 is 0 Å². The normalized spacial score (nSPS) is 24.8. The van der Waals surface area contributed by atoms with Crippen LogP contribution >= 0.6 is 0 Å². The van der Waals surface area contributed by atoms with Crippen LogP contribution in [0.5, 0.6) is 0 Å². The second kappa shape index (κ2) is 8.65. The summed E-state index contributed by atoms with van der Waals surface area (Å²) in [6.45, 7) is 7.75. The van der Waals surface area contributed by atoms with E-state index in [4.69, 9.17) is 9.47 Å². The topological polar surface area (TPSA) is 67.9 Å². The second-order valence-corrected chi connectivity index (χ2v) is 8.66. The Morgan fingerprint density at radius 2 is 1.83 bits per heavy atom. The van der Waals surface area contributed by atoms with Crippen LogP contribution < -0.4 is 5.32 Å². The standard InChI is InChI=1S/C21H28F2N2O4/c1-21(2,3)29-20(27)24-17(14-5-4-6-15(11-14)18(22)23)19(26)28-16-12-25-9-7-13(16)8-10-25/h4-6,11,13,16-18H,7-10,12H2,1-3H3,(H,24,27)/t16-,17?/m0/s1. The number of fused-ring (bicyclic) bond motifs is 3. The maximum atomic E-state index is 13.1. The number of nitrogens with zero attached hydrogens (tertiary/aromatic N) is 1. The number of nitrogens with one attached hydrogen (secondary N) is 1. The van der Waals surface area contributed by atoms with Crippen molar-refractivity contribution in [2.45, 2.75) is 57.8 Å². The summed E-state index contributed by atoms with van der Waals surface area (Å²) in [4.78, 5) is 27.5. The van der Waals surface area contributed by atoms with Gasteiger partial charge in [-0.25, -0.2) is 18.4 Å². The van der Waals surface area contributed by atoms with E-state index in [2.05, 4.69) is 10.2 Å². The highest BCUT2D eigenvalue weighted by atomic mass is 19.3. The van der Waals surface area contributed by atoms with Gasteiger partial charge in [-0.15, -0.1) is 0 Å². The van der Waals surface area contributed by atoms with E-state index in [0.717, 1.165) is 25.9 Å². The summed E-state index contributed by atoms with van der Waals surface area (Å²) in [5.41, 5.74) is -0.756. The van der Waals surface area contributed by atoms with Crippen LogP contribution in [0.25, 0.3) is 0 Å². The minimum absolute atomic E-state index is 0.228. The zero-order valence-electron chi connectivity index (χ0n) is 17.0. The van der Waals surface area contributed by atoms with Gasteiger partial charge in [-0.1, -0.05) is 18.2 Å². The molecule has 3 aliphatic heterocycles. The minimum atomic E-state index is -2.69. The summed E-state index contributed by atoms with van der Waals surface area (Å²) in [6, 6.07) is 4.22. The van der Waals surface area contributed by atoms with Gasteiger partial charge < -0.3 is 14.8 Å². The second-order valence-electron chi connectivity index (χ2n) is 8.66. The Labute approximate surface area is 169 Å². The summed E-state index contributed by atoms with van der Waals surface area (Å²) in [5, 5.41) is 2.50. The molecule has 2 bridgehead atoms. The van der Waals surface area contributed by atoms with Crippen LogP contribution in [0.3, 0.4) is 0 Å². The van der Waals surface area contributed by atoms with Gasteiger partial charge in [0.2, 0.25) is 0 Å². The molecular formula is C21H28F2N2O4. The van der Waals surface area contributed by atoms with Crippen molar-refractivity contribution < 1.29 is 27.8 Å². The lowest BCUT2D eigenvalue weighted by atomic mass is 9.86. The maximum absolute atomic E-state index is 13.1. The van der Waals surface area contributed by atoms with Gasteiger partial charge in [0.25, 0.3) is 6.43 Å². The fourth-order valence-corrected chi connectivity index (χ4v) is 3.84. The molecule has 3 heterocycles. The van der Waals surface area contributed by atoms with Crippen molar-refractivity contribution in [3.63, 3.8) is 0 Å². The molecule has 2 atom stereocenters. The number of hydrogen-bond acceptors (Lipinski definition) is 5. The van der Waals surface area contributed by atoms with E-state index in [9.17, 15) is 18.4 Å². The number of carbonyl (C=O) groups is 2. The van der Waals surface area contributed by atoms with Gasteiger partial charge in [0.1, 0.15) is 11.7 Å². The van der Waals surface area contributed by atoms with Gasteiger partial charge in [-0.2, -0.15) is 0 Å². The lowest BCUT2D eigenvalue weighted by Crippen LogP contribution is -2.52. The highest BCUT2D eigenvalue weighted by Crippen LogP contribution is 2.31. The molecule has 1 aromatic rings. The minimum Gasteiger partial charge on any atom is -0.459 e. The monoisotopic (exact) mass is 410 g/mol. The van der Waals surface area contributed by atoms with Crippen molar-refractivity contribution in [3.8, 4) is 0 Å². The first-order valence-corrected chi connectivity index (χ1v) is 9.93. The number of esters is 1. The van der Waals surface area contributed by atoms with Gasteiger partial charge in [-0.3, -0.25) is 4.90 Å². The quantitative estimate of drug-likeness (QED) is 0.748. The molecular weight excluding hydrogens is 382 g/mol. The number of alkyl halides is 2. The predicted octanol–water partition coefficient (Wildman–Crippen LogP) is 3.83. The molecule has 0 aliphatic carbocycles. The largest absolute Gasteiger partial charge is 0.459 e. The number of benzene rings is 1. The number of piperidine rings is 3. The zero-order valence-corrected chi connectivity index (χ0v) is 17.0. The Kier molecular flexibility index (Phi) is 6.41. The average molecular weight is 410 g/mol. The molecule has 0 radical (unpaired) electrons. The van der Waals surface area contributed by atoms with Gasteiger partial charge in [-0.05, 0) is 64.3 Å². The van der Waals surface area contributed by atoms with Crippen molar-refractivity contribution in [1.29, 1.82) is 0 Å². The van der Waals surface area contributed by atoms with Crippen molar-refractivity contribution in [2.75, 3.05) is 19.6 Å². The Morgan fingerprint density at radius 3 is 2.38 bits per heavy atom. The van der Waals surface area contributed by atoms with E-state index in [-0.39, 0.29) is 17.2 Å². The first-order valence-electron chi connectivity index (χ1n) is 9.93. The summed E-state index contributed by atoms with van der Waals surface area (Å²) in [7, 11) is 0. The fraction of sp³-hybridized carbons (Fsp3) is 0.619. The van der Waals surface area contributed by atoms with Gasteiger partial charge in [0.15, 0.2) is 6.04 Å². The summed E-state index contributed by atoms with van der Waals surface area (Å²) >= 11 is 0. The van der Waals surface area contributed by atoms with E-state index in [1.54, 1.807) is 20.8 Å². The lowest BCUT2D eigenvalue weighted by Gasteiger charge is -2.44. The van der Waals surface area contributed by atoms with Crippen LogP contribution in [0.4, 0.5) is 13.6 Å². The number of rotatable bonds is 5. The molecule has 1 amide bonds. The Bertz CT molecular complexity index is 742. The molecule has 1 unspecified atom stereocenters. The number of carbonyl (C=O) groups excluding carboxylic acids is 2. The molecule has 1 aromatic carbocycles. The van der Waals surface area contributed by atoms with Gasteiger partial charge >= 0.3 is 12.1 Å². The zero-order chi connectivity index (χ0) is 21.2. The van der Waals surface area contributed by atoms with Crippen LogP contribution in [0, 0.1) is 5.92 Å².